The van der Waals surface area contributed by atoms with Crippen molar-refractivity contribution in [1.29, 1.82) is 5.41 Å². The highest BCUT2D eigenvalue weighted by atomic mass is 16.5. The van der Waals surface area contributed by atoms with Crippen LogP contribution in [0.1, 0.15) is 39.8 Å². The number of hydrogen-bond acceptors (Lipinski definition) is 8. The van der Waals surface area contributed by atoms with Crippen LogP contribution in [0.3, 0.4) is 0 Å². The van der Waals surface area contributed by atoms with Gasteiger partial charge in [-0.25, -0.2) is 15.0 Å². The summed E-state index contributed by atoms with van der Waals surface area (Å²) in [6, 6.07) is 1.08. The molecule has 30 heavy (non-hydrogen) atoms. The van der Waals surface area contributed by atoms with E-state index in [1.165, 1.54) is 25.4 Å². The maximum atomic E-state index is 12.2. The summed E-state index contributed by atoms with van der Waals surface area (Å²) in [4.78, 5) is 32.9. The second kappa shape index (κ2) is 8.32. The van der Waals surface area contributed by atoms with Crippen molar-refractivity contribution in [2.75, 3.05) is 5.73 Å². The van der Waals surface area contributed by atoms with E-state index < -0.39 is 11.9 Å². The lowest BCUT2D eigenvalue weighted by molar-refractivity contribution is 0.100. The number of rotatable bonds is 1. The Morgan fingerprint density at radius 3 is 2.63 bits per heavy atom. The highest BCUT2D eigenvalue weighted by Crippen LogP contribution is 2.19. The van der Waals surface area contributed by atoms with E-state index in [0.29, 0.717) is 22.2 Å². The minimum Gasteiger partial charge on any atom is -0.412 e. The van der Waals surface area contributed by atoms with Crippen molar-refractivity contribution in [2.24, 2.45) is 10.7 Å². The van der Waals surface area contributed by atoms with Gasteiger partial charge in [0.1, 0.15) is 16.9 Å². The number of fused-ring (bicyclic) bond motifs is 1. The molecule has 3 aromatic rings. The van der Waals surface area contributed by atoms with E-state index in [9.17, 15) is 4.79 Å². The van der Waals surface area contributed by atoms with E-state index in [1.807, 2.05) is 13.8 Å². The Kier molecular flexibility index (Phi) is 5.64. The Bertz CT molecular complexity index is 1270. The molecule has 0 saturated heterocycles. The maximum Gasteiger partial charge on any atom is 0.296 e. The van der Waals surface area contributed by atoms with Gasteiger partial charge >= 0.3 is 0 Å². The van der Waals surface area contributed by atoms with Gasteiger partial charge in [-0.2, -0.15) is 4.99 Å². The number of nitrogens with zero attached hydrogens (tertiary/aromatic N) is 5. The molecule has 10 nitrogen and oxygen atoms in total. The number of pyridine rings is 2. The van der Waals surface area contributed by atoms with Crippen molar-refractivity contribution < 1.29 is 9.53 Å². The van der Waals surface area contributed by atoms with Crippen molar-refractivity contribution in [1.82, 2.24) is 19.9 Å². The molecule has 0 aliphatic rings. The number of carbonyl (C=O) groups excluding carboxylic acids is 1. The van der Waals surface area contributed by atoms with Gasteiger partial charge in [0.05, 0.1) is 28.7 Å². The first-order valence-corrected chi connectivity index (χ1v) is 8.72. The zero-order chi connectivity index (χ0) is 21.8. The molecule has 0 aliphatic carbocycles. The fraction of sp³-hybridized carbons (Fsp3) is 0.150. The van der Waals surface area contributed by atoms with Crippen LogP contribution in [0.5, 0.6) is 0 Å². The number of aliphatic imine (C=N–C) groups is 1. The van der Waals surface area contributed by atoms with Crippen molar-refractivity contribution in [3.63, 3.8) is 0 Å². The van der Waals surface area contributed by atoms with Crippen LogP contribution in [-0.2, 0) is 4.74 Å². The number of aryl methyl sites for hydroxylation is 2. The molecular formula is C20H18N8O2. The van der Waals surface area contributed by atoms with Gasteiger partial charge in [-0.3, -0.25) is 15.2 Å². The third kappa shape index (κ3) is 4.53. The summed E-state index contributed by atoms with van der Waals surface area (Å²) in [5, 5.41) is 7.19. The Hall–Kier alpha value is -4.39. The van der Waals surface area contributed by atoms with Crippen molar-refractivity contribution in [3.05, 3.63) is 52.7 Å². The number of amides is 1. The lowest BCUT2D eigenvalue weighted by Gasteiger charge is -2.05. The van der Waals surface area contributed by atoms with E-state index in [0.717, 1.165) is 11.4 Å². The lowest BCUT2D eigenvalue weighted by Crippen LogP contribution is -2.20. The van der Waals surface area contributed by atoms with E-state index in [1.54, 1.807) is 6.20 Å². The summed E-state index contributed by atoms with van der Waals surface area (Å²) in [7, 11) is 0. The molecule has 0 unspecified atom stereocenters. The van der Waals surface area contributed by atoms with E-state index in [4.69, 9.17) is 21.6 Å². The molecule has 0 fully saturated rings. The van der Waals surface area contributed by atoms with Gasteiger partial charge in [0.15, 0.2) is 5.90 Å². The van der Waals surface area contributed by atoms with Gasteiger partial charge in [0, 0.05) is 24.9 Å². The van der Waals surface area contributed by atoms with Crippen LogP contribution in [0.2, 0.25) is 0 Å². The van der Waals surface area contributed by atoms with Gasteiger partial charge in [-0.05, 0) is 19.9 Å². The largest absolute Gasteiger partial charge is 0.412 e. The second-order valence-electron chi connectivity index (χ2n) is 6.27. The van der Waals surface area contributed by atoms with E-state index in [-0.39, 0.29) is 17.3 Å². The molecule has 3 rings (SSSR count). The summed E-state index contributed by atoms with van der Waals surface area (Å²) in [5.41, 5.74) is 15.2. The van der Waals surface area contributed by atoms with Gasteiger partial charge in [0.2, 0.25) is 0 Å². The highest BCUT2D eigenvalue weighted by molar-refractivity contribution is 6.02. The summed E-state index contributed by atoms with van der Waals surface area (Å²) >= 11 is 0. The molecular weight excluding hydrogens is 384 g/mol. The molecule has 0 aromatic carbocycles. The van der Waals surface area contributed by atoms with Gasteiger partial charge in [-0.1, -0.05) is 11.8 Å². The smallest absolute Gasteiger partial charge is 0.296 e. The van der Waals surface area contributed by atoms with E-state index in [2.05, 4.69) is 36.8 Å². The molecule has 1 amide bonds. The van der Waals surface area contributed by atoms with Crippen LogP contribution in [-0.4, -0.2) is 37.8 Å². The average Bonchev–Trinajstić information content (AvgIpc) is 2.68. The molecule has 10 heteroatoms. The molecule has 0 aliphatic heterocycles. The number of nitrogens with one attached hydrogen (secondary N) is 1. The number of nitrogen functional groups attached to an aromatic ring is 1. The van der Waals surface area contributed by atoms with E-state index >= 15 is 0 Å². The average molecular weight is 402 g/mol. The summed E-state index contributed by atoms with van der Waals surface area (Å²) in [6.07, 6.45) is 4.37. The topological polar surface area (TPSA) is 166 Å². The van der Waals surface area contributed by atoms with Gasteiger partial charge in [-0.15, -0.1) is 0 Å². The Morgan fingerprint density at radius 2 is 1.90 bits per heavy atom. The molecule has 150 valence electrons. The first kappa shape index (κ1) is 20.3. The zero-order valence-corrected chi connectivity index (χ0v) is 16.5. The first-order chi connectivity index (χ1) is 14.2. The zero-order valence-electron chi connectivity index (χ0n) is 16.5. The van der Waals surface area contributed by atoms with Crippen molar-refractivity contribution in [2.45, 2.75) is 20.8 Å². The molecule has 0 spiro atoms. The van der Waals surface area contributed by atoms with Gasteiger partial charge in [0.25, 0.3) is 11.9 Å². The predicted octanol–water partition coefficient (Wildman–Crippen LogP) is 1.49. The van der Waals surface area contributed by atoms with Gasteiger partial charge < -0.3 is 16.2 Å². The summed E-state index contributed by atoms with van der Waals surface area (Å²) in [6.45, 7) is 5.08. The molecule has 0 bridgehead atoms. The highest BCUT2D eigenvalue weighted by Gasteiger charge is 2.10. The number of nitrogens with two attached hydrogens (primary N) is 2. The normalized spacial score (nSPS) is 11.0. The molecule has 3 heterocycles. The number of carbonyl (C=O) groups is 1. The monoisotopic (exact) mass is 402 g/mol. The lowest BCUT2D eigenvalue weighted by atomic mass is 10.1. The van der Waals surface area contributed by atoms with Crippen LogP contribution >= 0.6 is 0 Å². The van der Waals surface area contributed by atoms with Crippen LogP contribution < -0.4 is 11.5 Å². The molecule has 3 aromatic heterocycles. The minimum atomic E-state index is -0.673. The minimum absolute atomic E-state index is 0.159. The number of hydrogen-bond donors (Lipinski definition) is 3. The van der Waals surface area contributed by atoms with Crippen molar-refractivity contribution in [3.8, 4) is 11.8 Å². The van der Waals surface area contributed by atoms with Crippen LogP contribution in [0.25, 0.3) is 11.0 Å². The molecule has 0 radical (unpaired) electrons. The van der Waals surface area contributed by atoms with Crippen molar-refractivity contribution >= 4 is 34.7 Å². The number of ether oxygens (including phenoxy) is 1. The second-order valence-corrected chi connectivity index (χ2v) is 6.27. The quantitative estimate of drug-likeness (QED) is 0.313. The Labute approximate surface area is 172 Å². The third-order valence-corrected chi connectivity index (χ3v) is 3.94. The summed E-state index contributed by atoms with van der Waals surface area (Å²) < 4.78 is 4.76. The van der Waals surface area contributed by atoms with Crippen LogP contribution in [0.15, 0.2) is 29.6 Å². The Morgan fingerprint density at radius 1 is 1.17 bits per heavy atom. The number of aromatic nitrogens is 4. The summed E-state index contributed by atoms with van der Waals surface area (Å²) in [5.74, 6) is 5.23. The maximum absolute atomic E-state index is 12.2. The third-order valence-electron chi connectivity index (χ3n) is 3.94. The van der Waals surface area contributed by atoms with Crippen LogP contribution in [0.4, 0.5) is 5.82 Å². The molecule has 0 saturated carbocycles. The fourth-order valence-corrected chi connectivity index (χ4v) is 2.44. The SMILES string of the molecule is CC(=N)OC(N)=NC(=O)c1cncc(C#Cc2c(N)ncc3nc(C)c(C)nc23)c1. The Balaban J connectivity index is 1.97. The first-order valence-electron chi connectivity index (χ1n) is 8.72. The fourth-order valence-electron chi connectivity index (χ4n) is 2.44. The van der Waals surface area contributed by atoms with Crippen LogP contribution in [0, 0.1) is 31.1 Å². The number of anilines is 1. The molecule has 0 atom stereocenters. The molecule has 5 N–H and O–H groups in total. The number of amidine groups is 1. The standard InChI is InChI=1S/C20H18N8O2/c1-10-11(2)27-17-15(18(22)25-9-16(17)26-10)5-4-13-6-14(8-24-7-13)19(29)28-20(23)30-12(3)21/h6-9,21H,1-3H3,(H2,22,25)(H2,23,28,29). The predicted molar refractivity (Wildman–Crippen MR) is 112 cm³/mol.